The summed E-state index contributed by atoms with van der Waals surface area (Å²) in [5.74, 6) is -1.56. The molecule has 28 heavy (non-hydrogen) atoms. The Hall–Kier alpha value is -1.42. The number of carboxylic acid groups (broad SMARTS) is 2. The van der Waals surface area contributed by atoms with Crippen LogP contribution in [0.15, 0.2) is 48.5 Å². The minimum absolute atomic E-state index is 0. The van der Waals surface area contributed by atoms with Crippen molar-refractivity contribution in [2.24, 2.45) is 0 Å². The summed E-state index contributed by atoms with van der Waals surface area (Å²) in [5, 5.41) is 38.4. The molecule has 0 heterocycles. The van der Waals surface area contributed by atoms with Gasteiger partial charge in [-0.1, -0.05) is 0 Å². The minimum Gasteiger partial charge on any atom is -0.546 e. The van der Waals surface area contributed by atoms with Crippen molar-refractivity contribution in [1.82, 2.24) is 0 Å². The first-order valence-corrected chi connectivity index (χ1v) is 7.52. The summed E-state index contributed by atoms with van der Waals surface area (Å²) < 4.78 is 9.92. The molecule has 140 valence electrons. The van der Waals surface area contributed by atoms with Crippen LogP contribution < -0.4 is 78.8 Å². The number of phenolic OH excluding ortho intramolecular Hbond substituents is 2. The van der Waals surface area contributed by atoms with Crippen molar-refractivity contribution >= 4 is 11.9 Å². The number of aromatic hydroxyl groups is 2. The van der Waals surface area contributed by atoms with E-state index in [2.05, 4.69) is 0 Å². The van der Waals surface area contributed by atoms with Gasteiger partial charge in [-0.3, -0.25) is 0 Å². The fraction of sp³-hybridized carbons (Fsp3) is 0.222. The van der Waals surface area contributed by atoms with E-state index in [1.807, 2.05) is 0 Å². The molecule has 0 spiro atoms. The summed E-state index contributed by atoms with van der Waals surface area (Å²) in [6, 6.07) is 11.6. The summed E-state index contributed by atoms with van der Waals surface area (Å²) in [4.78, 5) is 20.6. The third-order valence-electron chi connectivity index (χ3n) is 2.96. The Labute approximate surface area is 206 Å². The van der Waals surface area contributed by atoms with Crippen molar-refractivity contribution in [3.63, 3.8) is 0 Å². The predicted octanol–water partition coefficient (Wildman–Crippen LogP) is -6.17. The summed E-state index contributed by atoms with van der Waals surface area (Å²) >= 11 is 0. The van der Waals surface area contributed by atoms with Crippen LogP contribution >= 0.6 is 0 Å². The van der Waals surface area contributed by atoms with Crippen LogP contribution in [0.3, 0.4) is 0 Å². The van der Waals surface area contributed by atoms with E-state index in [9.17, 15) is 19.8 Å². The van der Waals surface area contributed by atoms with E-state index in [4.69, 9.17) is 19.7 Å². The van der Waals surface area contributed by atoms with E-state index in [0.29, 0.717) is 11.5 Å². The Bertz CT molecular complexity index is 656. The van der Waals surface area contributed by atoms with Crippen molar-refractivity contribution < 1.29 is 98.6 Å². The number of hydrogen-bond donors (Lipinski definition) is 2. The number of carbonyl (C=O) groups is 2. The topological polar surface area (TPSA) is 139 Å². The number of rotatable bonds is 6. The molecule has 2 N–H and O–H groups in total. The molecule has 0 aromatic heterocycles. The smallest absolute Gasteiger partial charge is 0.546 e. The first kappa shape index (κ1) is 28.8. The fourth-order valence-corrected chi connectivity index (χ4v) is 1.55. The van der Waals surface area contributed by atoms with Gasteiger partial charge in [0, 0.05) is 0 Å². The monoisotopic (exact) mass is 408 g/mol. The molecule has 0 radical (unpaired) electrons. The molecule has 0 unspecified atom stereocenters. The van der Waals surface area contributed by atoms with Gasteiger partial charge in [-0.25, -0.2) is 0 Å². The van der Waals surface area contributed by atoms with E-state index < -0.39 is 24.1 Å². The second-order valence-electron chi connectivity index (χ2n) is 5.15. The number of ether oxygens (including phenoxy) is 2. The Morgan fingerprint density at radius 1 is 0.714 bits per heavy atom. The molecular weight excluding hydrogens is 390 g/mol. The number of phenols is 2. The third-order valence-corrected chi connectivity index (χ3v) is 2.96. The van der Waals surface area contributed by atoms with Crippen LogP contribution in [0.5, 0.6) is 23.0 Å². The molecule has 2 atom stereocenters. The van der Waals surface area contributed by atoms with Crippen LogP contribution in [-0.2, 0) is 9.59 Å². The zero-order valence-corrected chi connectivity index (χ0v) is 20.1. The van der Waals surface area contributed by atoms with Crippen LogP contribution in [0, 0.1) is 0 Å². The molecule has 0 aliphatic heterocycles. The average Bonchev–Trinajstić information content (AvgIpc) is 2.59. The first-order valence-electron chi connectivity index (χ1n) is 7.52. The van der Waals surface area contributed by atoms with E-state index >= 15 is 0 Å². The maximum absolute atomic E-state index is 10.3. The number of aliphatic carboxylic acids is 2. The molecule has 0 saturated carbocycles. The molecule has 8 nitrogen and oxygen atoms in total. The summed E-state index contributed by atoms with van der Waals surface area (Å²) in [7, 11) is 0. The van der Waals surface area contributed by atoms with Gasteiger partial charge >= 0.3 is 59.1 Å². The van der Waals surface area contributed by atoms with E-state index in [0.717, 1.165) is 0 Å². The van der Waals surface area contributed by atoms with Gasteiger partial charge in [0.15, 0.2) is 0 Å². The molecule has 0 aliphatic rings. The predicted molar refractivity (Wildman–Crippen MR) is 86.4 cm³/mol. The van der Waals surface area contributed by atoms with E-state index in [1.54, 1.807) is 0 Å². The third kappa shape index (κ3) is 11.4. The van der Waals surface area contributed by atoms with Crippen molar-refractivity contribution in [2.45, 2.75) is 26.1 Å². The van der Waals surface area contributed by atoms with Crippen LogP contribution in [0.2, 0.25) is 0 Å². The molecule has 0 aliphatic carbocycles. The van der Waals surface area contributed by atoms with Crippen LogP contribution in [0.25, 0.3) is 0 Å². The number of carboxylic acids is 2. The molecule has 0 amide bonds. The molecular formula is C18H18Na2O8. The van der Waals surface area contributed by atoms with Gasteiger partial charge in [0.1, 0.15) is 35.2 Å². The SMILES string of the molecule is C[C@@H](Oc1ccc(O)cc1)C(=O)[O-].C[C@@H](Oc1ccc(O)cc1)C(=O)[O-].[Na+].[Na+]. The van der Waals surface area contributed by atoms with E-state index in [1.165, 1.54) is 62.4 Å². The summed E-state index contributed by atoms with van der Waals surface area (Å²) in [5.41, 5.74) is 0. The van der Waals surface area contributed by atoms with Gasteiger partial charge < -0.3 is 39.5 Å². The number of carbonyl (C=O) groups excluding carboxylic acids is 2. The average molecular weight is 408 g/mol. The van der Waals surface area contributed by atoms with Crippen molar-refractivity contribution in [3.8, 4) is 23.0 Å². The minimum atomic E-state index is -1.27. The standard InChI is InChI=1S/2C9H10O4.2Na/c2*1-6(9(11)12)13-8-4-2-7(10)3-5-8;;/h2*2-6,10H,1H3,(H,11,12);;/q;;2*+1/p-2/t2*6-;;/m11../s1. The van der Waals surface area contributed by atoms with Gasteiger partial charge in [0.05, 0.1) is 11.9 Å². The molecule has 2 rings (SSSR count). The van der Waals surface area contributed by atoms with Crippen LogP contribution in [0.1, 0.15) is 13.8 Å². The maximum atomic E-state index is 10.3. The molecule has 2 aromatic rings. The second kappa shape index (κ2) is 14.6. The van der Waals surface area contributed by atoms with E-state index in [-0.39, 0.29) is 70.6 Å². The molecule has 0 fully saturated rings. The Kier molecular flexibility index (Phi) is 15.0. The van der Waals surface area contributed by atoms with Crippen molar-refractivity contribution in [1.29, 1.82) is 0 Å². The van der Waals surface area contributed by atoms with Gasteiger partial charge in [-0.2, -0.15) is 0 Å². The molecule has 2 aromatic carbocycles. The quantitative estimate of drug-likeness (QED) is 0.450. The molecule has 0 saturated heterocycles. The second-order valence-corrected chi connectivity index (χ2v) is 5.15. The van der Waals surface area contributed by atoms with Gasteiger partial charge in [0.2, 0.25) is 0 Å². The Balaban J connectivity index is 0. The zero-order chi connectivity index (χ0) is 19.7. The van der Waals surface area contributed by atoms with Gasteiger partial charge in [0.25, 0.3) is 0 Å². The summed E-state index contributed by atoms with van der Waals surface area (Å²) in [6.07, 6.45) is -1.99. The van der Waals surface area contributed by atoms with Crippen molar-refractivity contribution in [3.05, 3.63) is 48.5 Å². The largest absolute Gasteiger partial charge is 1.00 e. The number of hydrogen-bond acceptors (Lipinski definition) is 8. The zero-order valence-electron chi connectivity index (χ0n) is 16.1. The molecule has 10 heteroatoms. The maximum Gasteiger partial charge on any atom is 1.00 e. The molecule has 0 bridgehead atoms. The fourth-order valence-electron chi connectivity index (χ4n) is 1.55. The normalized spacial score (nSPS) is 11.2. The van der Waals surface area contributed by atoms with Crippen molar-refractivity contribution in [2.75, 3.05) is 0 Å². The van der Waals surface area contributed by atoms with Gasteiger partial charge in [-0.05, 0) is 62.4 Å². The Morgan fingerprint density at radius 3 is 1.18 bits per heavy atom. The first-order chi connectivity index (χ1) is 12.2. The van der Waals surface area contributed by atoms with Gasteiger partial charge in [-0.15, -0.1) is 0 Å². The van der Waals surface area contributed by atoms with Crippen LogP contribution in [0.4, 0.5) is 0 Å². The Morgan fingerprint density at radius 2 is 0.964 bits per heavy atom. The summed E-state index contributed by atoms with van der Waals surface area (Å²) in [6.45, 7) is 2.75. The number of benzene rings is 2. The van der Waals surface area contributed by atoms with Crippen LogP contribution in [-0.4, -0.2) is 34.4 Å².